The zero-order valence-corrected chi connectivity index (χ0v) is 9.94. The number of aromatic nitrogens is 2. The zero-order chi connectivity index (χ0) is 11.8. The Morgan fingerprint density at radius 2 is 2.38 bits per heavy atom. The van der Waals surface area contributed by atoms with Crippen LogP contribution in [0.2, 0.25) is 0 Å². The molecule has 1 atom stereocenters. The summed E-state index contributed by atoms with van der Waals surface area (Å²) >= 11 is 0. The summed E-state index contributed by atoms with van der Waals surface area (Å²) in [5, 5.41) is 10.2. The summed E-state index contributed by atoms with van der Waals surface area (Å²) in [5.41, 5.74) is 0. The lowest BCUT2D eigenvalue weighted by atomic mass is 10.3. The Morgan fingerprint density at radius 1 is 1.56 bits per heavy atom. The lowest BCUT2D eigenvalue weighted by Gasteiger charge is -2.13. The van der Waals surface area contributed by atoms with E-state index in [-0.39, 0.29) is 5.91 Å². The predicted molar refractivity (Wildman–Crippen MR) is 63.0 cm³/mol. The Morgan fingerprint density at radius 3 is 3.00 bits per heavy atom. The first-order valence-electron chi connectivity index (χ1n) is 5.70. The molecule has 0 radical (unpaired) electrons. The molecule has 16 heavy (non-hydrogen) atoms. The van der Waals surface area contributed by atoms with Gasteiger partial charge in [-0.3, -0.25) is 9.48 Å². The monoisotopic (exact) mass is 224 g/mol. The minimum Gasteiger partial charge on any atom is -0.356 e. The minimum atomic E-state index is 0.0984. The largest absolute Gasteiger partial charge is 0.356 e. The molecule has 5 nitrogen and oxygen atoms in total. The molecule has 1 aromatic rings. The number of carbonyl (C=O) groups excluding carboxylic acids is 1. The summed E-state index contributed by atoms with van der Waals surface area (Å²) in [7, 11) is 0. The summed E-state index contributed by atoms with van der Waals surface area (Å²) < 4.78 is 1.88. The van der Waals surface area contributed by atoms with E-state index in [1.807, 2.05) is 23.9 Å². The van der Waals surface area contributed by atoms with Crippen molar-refractivity contribution < 1.29 is 4.79 Å². The van der Waals surface area contributed by atoms with E-state index in [1.54, 1.807) is 6.20 Å². The molecular formula is C11H20N4O. The zero-order valence-electron chi connectivity index (χ0n) is 9.94. The molecule has 0 spiro atoms. The van der Waals surface area contributed by atoms with E-state index in [2.05, 4.69) is 22.7 Å². The Balaban J connectivity index is 2.11. The molecule has 1 aromatic heterocycles. The smallest absolute Gasteiger partial charge is 0.221 e. The van der Waals surface area contributed by atoms with Gasteiger partial charge in [-0.2, -0.15) is 5.10 Å². The van der Waals surface area contributed by atoms with E-state index in [1.165, 1.54) is 0 Å². The number of carbonyl (C=O) groups is 1. The van der Waals surface area contributed by atoms with E-state index in [4.69, 9.17) is 0 Å². The third-order valence-electron chi connectivity index (χ3n) is 2.24. The first kappa shape index (κ1) is 12.7. The van der Waals surface area contributed by atoms with Crippen LogP contribution in [0.1, 0.15) is 20.3 Å². The number of amides is 1. The van der Waals surface area contributed by atoms with Crippen LogP contribution in [0, 0.1) is 0 Å². The van der Waals surface area contributed by atoms with Gasteiger partial charge in [0.2, 0.25) is 5.91 Å². The van der Waals surface area contributed by atoms with Crippen LogP contribution >= 0.6 is 0 Å². The van der Waals surface area contributed by atoms with Gasteiger partial charge in [0.15, 0.2) is 0 Å². The van der Waals surface area contributed by atoms with Gasteiger partial charge in [-0.15, -0.1) is 0 Å². The van der Waals surface area contributed by atoms with E-state index < -0.39 is 0 Å². The normalized spacial score (nSPS) is 12.4. The van der Waals surface area contributed by atoms with Gasteiger partial charge in [-0.05, 0) is 19.9 Å². The summed E-state index contributed by atoms with van der Waals surface area (Å²) in [6.45, 7) is 6.23. The number of nitrogens with one attached hydrogen (secondary N) is 2. The maximum Gasteiger partial charge on any atom is 0.221 e. The molecule has 0 aliphatic heterocycles. The van der Waals surface area contributed by atoms with E-state index in [0.717, 1.165) is 6.54 Å². The third kappa shape index (κ3) is 4.93. The van der Waals surface area contributed by atoms with Gasteiger partial charge in [0.25, 0.3) is 0 Å². The molecule has 1 rings (SSSR count). The summed E-state index contributed by atoms with van der Waals surface area (Å²) in [4.78, 5) is 11.2. The second-order valence-corrected chi connectivity index (χ2v) is 3.79. The van der Waals surface area contributed by atoms with Crippen molar-refractivity contribution >= 4 is 5.91 Å². The van der Waals surface area contributed by atoms with Crippen molar-refractivity contribution in [1.29, 1.82) is 0 Å². The Hall–Kier alpha value is -1.36. The van der Waals surface area contributed by atoms with Crippen LogP contribution in [0.3, 0.4) is 0 Å². The van der Waals surface area contributed by atoms with Gasteiger partial charge in [-0.1, -0.05) is 0 Å². The number of rotatable bonds is 7. The highest BCUT2D eigenvalue weighted by atomic mass is 16.1. The third-order valence-corrected chi connectivity index (χ3v) is 2.24. The van der Waals surface area contributed by atoms with Crippen molar-refractivity contribution in [3.05, 3.63) is 18.5 Å². The van der Waals surface area contributed by atoms with Crippen molar-refractivity contribution in [2.75, 3.05) is 13.1 Å². The SMILES string of the molecule is CCNC(=O)CCN[C@@H](C)Cn1cccn1. The highest BCUT2D eigenvalue weighted by molar-refractivity contribution is 5.75. The maximum absolute atomic E-state index is 11.2. The van der Waals surface area contributed by atoms with Gasteiger partial charge in [0.1, 0.15) is 0 Å². The van der Waals surface area contributed by atoms with Gasteiger partial charge in [0, 0.05) is 37.9 Å². The molecule has 0 aliphatic carbocycles. The van der Waals surface area contributed by atoms with Crippen molar-refractivity contribution in [3.63, 3.8) is 0 Å². The average molecular weight is 224 g/mol. The van der Waals surface area contributed by atoms with E-state index >= 15 is 0 Å². The molecular weight excluding hydrogens is 204 g/mol. The molecule has 0 bridgehead atoms. The maximum atomic E-state index is 11.2. The second-order valence-electron chi connectivity index (χ2n) is 3.79. The molecule has 0 unspecified atom stereocenters. The standard InChI is InChI=1S/C11H20N4O/c1-3-12-11(16)5-7-13-10(2)9-15-8-4-6-14-15/h4,6,8,10,13H,3,5,7,9H2,1-2H3,(H,12,16)/t10-/m0/s1. The van der Waals surface area contributed by atoms with Crippen molar-refractivity contribution in [3.8, 4) is 0 Å². The molecule has 1 heterocycles. The molecule has 0 fully saturated rings. The molecule has 2 N–H and O–H groups in total. The Labute approximate surface area is 96.2 Å². The fourth-order valence-corrected chi connectivity index (χ4v) is 1.47. The van der Waals surface area contributed by atoms with E-state index in [9.17, 15) is 4.79 Å². The van der Waals surface area contributed by atoms with Gasteiger partial charge in [0.05, 0.1) is 6.54 Å². The fourth-order valence-electron chi connectivity index (χ4n) is 1.47. The number of nitrogens with zero attached hydrogens (tertiary/aromatic N) is 2. The summed E-state index contributed by atoms with van der Waals surface area (Å²) in [6.07, 6.45) is 4.22. The summed E-state index contributed by atoms with van der Waals surface area (Å²) in [5.74, 6) is 0.0984. The van der Waals surface area contributed by atoms with E-state index in [0.29, 0.717) is 25.6 Å². The quantitative estimate of drug-likeness (QED) is 0.704. The lowest BCUT2D eigenvalue weighted by molar-refractivity contribution is -0.120. The highest BCUT2D eigenvalue weighted by Gasteiger charge is 2.04. The van der Waals surface area contributed by atoms with Gasteiger partial charge < -0.3 is 10.6 Å². The molecule has 1 amide bonds. The molecule has 5 heteroatoms. The Kier molecular flexibility index (Phi) is 5.56. The second kappa shape index (κ2) is 7.00. The Bertz CT molecular complexity index is 297. The van der Waals surface area contributed by atoms with Gasteiger partial charge in [-0.25, -0.2) is 0 Å². The highest BCUT2D eigenvalue weighted by Crippen LogP contribution is 1.90. The van der Waals surface area contributed by atoms with Crippen molar-refractivity contribution in [2.45, 2.75) is 32.9 Å². The van der Waals surface area contributed by atoms with Crippen LogP contribution in [-0.2, 0) is 11.3 Å². The first-order chi connectivity index (χ1) is 7.72. The molecule has 0 aliphatic rings. The summed E-state index contributed by atoms with van der Waals surface area (Å²) in [6, 6.07) is 2.22. The van der Waals surface area contributed by atoms with Crippen molar-refractivity contribution in [1.82, 2.24) is 20.4 Å². The molecule has 0 saturated heterocycles. The molecule has 90 valence electrons. The van der Waals surface area contributed by atoms with Crippen LogP contribution in [0.25, 0.3) is 0 Å². The lowest BCUT2D eigenvalue weighted by Crippen LogP contribution is -2.34. The van der Waals surface area contributed by atoms with Crippen molar-refractivity contribution in [2.24, 2.45) is 0 Å². The molecule has 0 saturated carbocycles. The van der Waals surface area contributed by atoms with Crippen LogP contribution < -0.4 is 10.6 Å². The predicted octanol–water partition coefficient (Wildman–Crippen LogP) is 0.387. The topological polar surface area (TPSA) is 59.0 Å². The fraction of sp³-hybridized carbons (Fsp3) is 0.636. The number of hydrogen-bond acceptors (Lipinski definition) is 3. The minimum absolute atomic E-state index is 0.0984. The van der Waals surface area contributed by atoms with Crippen LogP contribution in [-0.4, -0.2) is 34.8 Å². The van der Waals surface area contributed by atoms with Crippen LogP contribution in [0.15, 0.2) is 18.5 Å². The van der Waals surface area contributed by atoms with Crippen LogP contribution in [0.5, 0.6) is 0 Å². The van der Waals surface area contributed by atoms with Crippen LogP contribution in [0.4, 0.5) is 0 Å². The van der Waals surface area contributed by atoms with Gasteiger partial charge >= 0.3 is 0 Å². The number of hydrogen-bond donors (Lipinski definition) is 2. The molecule has 0 aromatic carbocycles. The first-order valence-corrected chi connectivity index (χ1v) is 5.70. The average Bonchev–Trinajstić information content (AvgIpc) is 2.70.